The van der Waals surface area contributed by atoms with E-state index in [1.807, 2.05) is 12.1 Å². The third kappa shape index (κ3) is 5.21. The number of amides is 1. The lowest BCUT2D eigenvalue weighted by atomic mass is 9.86. The first-order valence-corrected chi connectivity index (χ1v) is 14.9. The standard InChI is InChI=1S/C32H31ClF2N4O4/c33-20-6-7-23(25(34)15-20)28-16-26(35)24-4-1-3-22(30(24)43-28)19-8-12-37(13-9-19)18-29-38(17-21-10-14-42-21)31-27(5-2-11-36-31)39(29)32(40)41/h1-7,11,15-16,19,21,28-29H,8-10,12-14,17-18H2,(H,40,41). The number of hydrogen-bond acceptors (Lipinski definition) is 6. The number of benzene rings is 2. The molecule has 224 valence electrons. The van der Waals surface area contributed by atoms with Crippen molar-refractivity contribution in [1.29, 1.82) is 0 Å². The summed E-state index contributed by atoms with van der Waals surface area (Å²) in [5.74, 6) is 0.216. The summed E-state index contributed by atoms with van der Waals surface area (Å²) < 4.78 is 41.9. The first-order valence-electron chi connectivity index (χ1n) is 14.6. The molecule has 1 aromatic heterocycles. The van der Waals surface area contributed by atoms with Gasteiger partial charge in [0.15, 0.2) is 5.82 Å². The molecule has 0 aliphatic carbocycles. The van der Waals surface area contributed by atoms with Crippen molar-refractivity contribution in [2.75, 3.05) is 42.6 Å². The van der Waals surface area contributed by atoms with Crippen LogP contribution in [0.4, 0.5) is 25.1 Å². The second-order valence-corrected chi connectivity index (χ2v) is 11.9. The molecule has 5 heterocycles. The van der Waals surface area contributed by atoms with Crippen LogP contribution in [0.25, 0.3) is 5.83 Å². The van der Waals surface area contributed by atoms with E-state index in [1.165, 1.54) is 23.1 Å². The Morgan fingerprint density at radius 2 is 1.86 bits per heavy atom. The quantitative estimate of drug-likeness (QED) is 0.337. The van der Waals surface area contributed by atoms with Gasteiger partial charge < -0.3 is 19.5 Å². The molecule has 2 saturated heterocycles. The number of carboxylic acid groups (broad SMARTS) is 1. The Kier molecular flexibility index (Phi) is 7.44. The van der Waals surface area contributed by atoms with Gasteiger partial charge in [-0.05, 0) is 80.2 Å². The topological polar surface area (TPSA) is 78.4 Å². The molecule has 43 heavy (non-hydrogen) atoms. The predicted octanol–water partition coefficient (Wildman–Crippen LogP) is 6.62. The van der Waals surface area contributed by atoms with E-state index in [1.54, 1.807) is 30.5 Å². The second-order valence-electron chi connectivity index (χ2n) is 11.4. The van der Waals surface area contributed by atoms with Crippen LogP contribution in [0, 0.1) is 5.82 Å². The highest BCUT2D eigenvalue weighted by atomic mass is 35.5. The minimum atomic E-state index is -1.01. The molecule has 0 saturated carbocycles. The minimum Gasteiger partial charge on any atom is -0.480 e. The number of anilines is 2. The van der Waals surface area contributed by atoms with Crippen LogP contribution in [0.1, 0.15) is 48.0 Å². The number of hydrogen-bond donors (Lipinski definition) is 1. The molecule has 3 aromatic rings. The van der Waals surface area contributed by atoms with E-state index in [-0.39, 0.29) is 22.6 Å². The Bertz CT molecular complexity index is 1580. The van der Waals surface area contributed by atoms with Crippen LogP contribution in [-0.4, -0.2) is 66.1 Å². The maximum Gasteiger partial charge on any atom is 0.413 e. The van der Waals surface area contributed by atoms with Crippen molar-refractivity contribution in [1.82, 2.24) is 9.88 Å². The number of para-hydroxylation sites is 1. The molecule has 2 aromatic carbocycles. The smallest absolute Gasteiger partial charge is 0.413 e. The molecule has 0 spiro atoms. The summed E-state index contributed by atoms with van der Waals surface area (Å²) in [4.78, 5) is 22.7. The average molecular weight is 609 g/mol. The van der Waals surface area contributed by atoms with Gasteiger partial charge in [-0.15, -0.1) is 0 Å². The number of likely N-dealkylation sites (tertiary alicyclic amines) is 1. The Morgan fingerprint density at radius 3 is 2.58 bits per heavy atom. The lowest BCUT2D eigenvalue weighted by Gasteiger charge is -2.40. The highest BCUT2D eigenvalue weighted by Gasteiger charge is 2.43. The van der Waals surface area contributed by atoms with Crippen molar-refractivity contribution in [2.24, 2.45) is 0 Å². The van der Waals surface area contributed by atoms with Gasteiger partial charge in [-0.25, -0.2) is 18.6 Å². The van der Waals surface area contributed by atoms with Gasteiger partial charge in [-0.2, -0.15) is 0 Å². The number of pyridine rings is 1. The van der Waals surface area contributed by atoms with E-state index in [2.05, 4.69) is 14.8 Å². The molecule has 2 fully saturated rings. The minimum absolute atomic E-state index is 0.0562. The Morgan fingerprint density at radius 1 is 1.05 bits per heavy atom. The van der Waals surface area contributed by atoms with Gasteiger partial charge in [-0.3, -0.25) is 9.80 Å². The van der Waals surface area contributed by atoms with Gasteiger partial charge in [0.25, 0.3) is 0 Å². The van der Waals surface area contributed by atoms with Crippen molar-refractivity contribution in [3.05, 3.63) is 88.3 Å². The van der Waals surface area contributed by atoms with Crippen molar-refractivity contribution < 1.29 is 28.2 Å². The van der Waals surface area contributed by atoms with E-state index in [4.69, 9.17) is 21.1 Å². The van der Waals surface area contributed by atoms with Crippen LogP contribution in [0.15, 0.2) is 60.8 Å². The van der Waals surface area contributed by atoms with E-state index >= 15 is 4.39 Å². The fraction of sp³-hybridized carbons (Fsp3) is 0.375. The molecule has 7 rings (SSSR count). The molecule has 8 nitrogen and oxygen atoms in total. The van der Waals surface area contributed by atoms with Gasteiger partial charge in [0, 0.05) is 36.5 Å². The Balaban J connectivity index is 1.08. The summed E-state index contributed by atoms with van der Waals surface area (Å²) in [5, 5.41) is 10.4. The van der Waals surface area contributed by atoms with Crippen LogP contribution in [0.2, 0.25) is 5.02 Å². The van der Waals surface area contributed by atoms with Crippen molar-refractivity contribution in [3.8, 4) is 5.75 Å². The highest BCUT2D eigenvalue weighted by molar-refractivity contribution is 6.30. The van der Waals surface area contributed by atoms with E-state index in [0.29, 0.717) is 35.9 Å². The molecule has 3 atom stereocenters. The fourth-order valence-corrected chi connectivity index (χ4v) is 6.79. The van der Waals surface area contributed by atoms with Crippen LogP contribution < -0.4 is 14.5 Å². The number of fused-ring (bicyclic) bond motifs is 2. The number of carbonyl (C=O) groups is 1. The molecule has 3 unspecified atom stereocenters. The maximum atomic E-state index is 15.3. The molecule has 0 bridgehead atoms. The normalized spacial score (nSPS) is 23.7. The zero-order chi connectivity index (χ0) is 29.7. The Labute approximate surface area is 253 Å². The highest BCUT2D eigenvalue weighted by Crippen LogP contribution is 2.45. The summed E-state index contributed by atoms with van der Waals surface area (Å²) in [7, 11) is 0. The van der Waals surface area contributed by atoms with E-state index in [9.17, 15) is 14.3 Å². The second kappa shape index (κ2) is 11.4. The monoisotopic (exact) mass is 608 g/mol. The summed E-state index contributed by atoms with van der Waals surface area (Å²) >= 11 is 5.93. The molecule has 1 amide bonds. The van der Waals surface area contributed by atoms with Gasteiger partial charge in [0.1, 0.15) is 29.7 Å². The molecule has 0 radical (unpaired) electrons. The number of rotatable bonds is 6. The molecular weight excluding hydrogens is 578 g/mol. The number of ether oxygens (including phenoxy) is 2. The van der Waals surface area contributed by atoms with Crippen LogP contribution in [-0.2, 0) is 4.74 Å². The fourth-order valence-electron chi connectivity index (χ4n) is 6.63. The van der Waals surface area contributed by atoms with Crippen LogP contribution >= 0.6 is 11.6 Å². The molecule has 4 aliphatic heterocycles. The zero-order valence-corrected chi connectivity index (χ0v) is 24.1. The lowest BCUT2D eigenvalue weighted by Crippen LogP contribution is -2.56. The Hall–Kier alpha value is -3.73. The number of halogens is 3. The summed E-state index contributed by atoms with van der Waals surface area (Å²) in [6.45, 7) is 3.26. The average Bonchev–Trinajstić information content (AvgIpc) is 3.28. The van der Waals surface area contributed by atoms with Crippen molar-refractivity contribution in [2.45, 2.75) is 43.6 Å². The summed E-state index contributed by atoms with van der Waals surface area (Å²) in [6, 6.07) is 13.3. The molecule has 11 heteroatoms. The first kappa shape index (κ1) is 28.1. The third-order valence-electron chi connectivity index (χ3n) is 8.92. The van der Waals surface area contributed by atoms with Crippen LogP contribution in [0.5, 0.6) is 5.75 Å². The van der Waals surface area contributed by atoms with Gasteiger partial charge in [0.05, 0.1) is 17.4 Å². The maximum absolute atomic E-state index is 15.3. The van der Waals surface area contributed by atoms with Gasteiger partial charge >= 0.3 is 6.09 Å². The zero-order valence-electron chi connectivity index (χ0n) is 23.3. The molecular formula is C32H31ClF2N4O4. The van der Waals surface area contributed by atoms with E-state index < -0.39 is 30.0 Å². The predicted molar refractivity (Wildman–Crippen MR) is 159 cm³/mol. The largest absolute Gasteiger partial charge is 0.480 e. The van der Waals surface area contributed by atoms with Crippen LogP contribution in [0.3, 0.4) is 0 Å². The van der Waals surface area contributed by atoms with Crippen molar-refractivity contribution >= 4 is 35.0 Å². The number of piperidine rings is 1. The molecule has 4 aliphatic rings. The third-order valence-corrected chi connectivity index (χ3v) is 9.15. The number of nitrogens with zero attached hydrogens (tertiary/aromatic N) is 4. The van der Waals surface area contributed by atoms with Gasteiger partial charge in [-0.1, -0.05) is 29.8 Å². The number of aromatic nitrogens is 1. The van der Waals surface area contributed by atoms with E-state index in [0.717, 1.165) is 44.5 Å². The lowest BCUT2D eigenvalue weighted by molar-refractivity contribution is -0.0454. The van der Waals surface area contributed by atoms with Gasteiger partial charge in [0.2, 0.25) is 0 Å². The summed E-state index contributed by atoms with van der Waals surface area (Å²) in [5.41, 5.74) is 2.08. The van der Waals surface area contributed by atoms with Crippen molar-refractivity contribution in [3.63, 3.8) is 0 Å². The SMILES string of the molecule is O=C(O)N1c2cccnc2N(CC2CCO2)C1CN1CCC(c2cccc3c2OC(c2ccc(Cl)cc2F)C=C3F)CC1. The first-order chi connectivity index (χ1) is 20.9. The summed E-state index contributed by atoms with van der Waals surface area (Å²) in [6.07, 6.45) is 3.19. The molecule has 1 N–H and O–H groups in total.